The molecule has 0 saturated carbocycles. The van der Waals surface area contributed by atoms with Crippen LogP contribution in [-0.2, 0) is 23.7 Å². The van der Waals surface area contributed by atoms with E-state index < -0.39 is 0 Å². The molecule has 2 nitrogen and oxygen atoms in total. The van der Waals surface area contributed by atoms with E-state index in [1.165, 1.54) is 55.8 Å². The topological polar surface area (TPSA) is 6.25 Å². The van der Waals surface area contributed by atoms with Crippen LogP contribution in [0.2, 0.25) is 0 Å². The second-order valence-corrected chi connectivity index (χ2v) is 14.9. The Kier molecular flexibility index (Phi) is 9.47. The van der Waals surface area contributed by atoms with Crippen molar-refractivity contribution in [1.29, 1.82) is 0 Å². The maximum absolute atomic E-state index is 4.21. The molecule has 2 heteroatoms. The van der Waals surface area contributed by atoms with Gasteiger partial charge in [-0.1, -0.05) is 129 Å². The highest BCUT2D eigenvalue weighted by molar-refractivity contribution is 6.08. The van der Waals surface area contributed by atoms with Crippen LogP contribution in [0, 0.1) is 5.92 Å². The summed E-state index contributed by atoms with van der Waals surface area (Å²) in [5, 5.41) is 2.65. The predicted molar refractivity (Wildman–Crippen MR) is 214 cm³/mol. The van der Waals surface area contributed by atoms with E-state index in [1.54, 1.807) is 0 Å². The van der Waals surface area contributed by atoms with Crippen molar-refractivity contribution in [3.05, 3.63) is 180 Å². The quantitative estimate of drug-likeness (QED) is 0.0957. The van der Waals surface area contributed by atoms with Gasteiger partial charge < -0.3 is 4.90 Å². The third kappa shape index (κ3) is 6.06. The van der Waals surface area contributed by atoms with Crippen molar-refractivity contribution in [2.45, 2.75) is 63.7 Å². The fourth-order valence-corrected chi connectivity index (χ4v) is 8.74. The molecule has 5 aromatic carbocycles. The third-order valence-electron chi connectivity index (χ3n) is 11.3. The summed E-state index contributed by atoms with van der Waals surface area (Å²) < 4.78 is 2.48. The highest BCUT2D eigenvalue weighted by atomic mass is 15.2. The zero-order chi connectivity index (χ0) is 34.7. The molecule has 0 spiro atoms. The summed E-state index contributed by atoms with van der Waals surface area (Å²) in [7, 11) is 2.28. The number of allylic oxidation sites excluding steroid dienone is 5. The van der Waals surface area contributed by atoms with Crippen LogP contribution in [-0.4, -0.2) is 23.9 Å². The highest BCUT2D eigenvalue weighted by Crippen LogP contribution is 2.51. The van der Waals surface area contributed by atoms with Gasteiger partial charge in [0.15, 0.2) is 5.71 Å². The molecule has 0 bridgehead atoms. The second-order valence-electron chi connectivity index (χ2n) is 14.9. The summed E-state index contributed by atoms with van der Waals surface area (Å²) in [5.74, 6) is 0.629. The normalized spacial score (nSPS) is 20.7. The number of hydrogen-bond acceptors (Lipinski definition) is 1. The van der Waals surface area contributed by atoms with Gasteiger partial charge in [0, 0.05) is 41.1 Å². The molecule has 2 aliphatic rings. The van der Waals surface area contributed by atoms with E-state index in [4.69, 9.17) is 0 Å². The molecular weight excluding hydrogens is 605 g/mol. The van der Waals surface area contributed by atoms with E-state index in [-0.39, 0.29) is 10.8 Å². The van der Waals surface area contributed by atoms with Crippen LogP contribution in [0.15, 0.2) is 158 Å². The monoisotopic (exact) mass is 655 g/mol. The van der Waals surface area contributed by atoms with E-state index in [0.717, 1.165) is 38.6 Å². The summed E-state index contributed by atoms with van der Waals surface area (Å²) >= 11 is 0. The minimum Gasteiger partial charge on any atom is -0.344 e. The average molecular weight is 656 g/mol. The van der Waals surface area contributed by atoms with Crippen LogP contribution >= 0.6 is 0 Å². The molecule has 2 unspecified atom stereocenters. The van der Waals surface area contributed by atoms with Gasteiger partial charge in [-0.2, -0.15) is 4.58 Å². The van der Waals surface area contributed by atoms with Crippen LogP contribution in [0.4, 0.5) is 11.4 Å². The molecule has 7 rings (SSSR count). The maximum atomic E-state index is 4.21. The fraction of sp³-hybridized carbons (Fsp3) is 0.271. The third-order valence-corrected chi connectivity index (χ3v) is 11.3. The van der Waals surface area contributed by atoms with E-state index in [0.29, 0.717) is 5.92 Å². The first-order chi connectivity index (χ1) is 24.4. The minimum absolute atomic E-state index is 0.139. The van der Waals surface area contributed by atoms with Gasteiger partial charge in [0.05, 0.1) is 5.41 Å². The van der Waals surface area contributed by atoms with Gasteiger partial charge in [0.25, 0.3) is 0 Å². The van der Waals surface area contributed by atoms with Crippen molar-refractivity contribution in [1.82, 2.24) is 0 Å². The van der Waals surface area contributed by atoms with E-state index in [9.17, 15) is 0 Å². The number of nitrogens with zero attached hydrogens (tertiary/aromatic N) is 2. The van der Waals surface area contributed by atoms with Crippen molar-refractivity contribution >= 4 is 27.9 Å². The molecular formula is C48H51N2+. The van der Waals surface area contributed by atoms with E-state index in [1.807, 2.05) is 0 Å². The van der Waals surface area contributed by atoms with Gasteiger partial charge in [-0.05, 0) is 90.6 Å². The molecule has 0 aliphatic carbocycles. The van der Waals surface area contributed by atoms with Gasteiger partial charge in [0.1, 0.15) is 7.05 Å². The van der Waals surface area contributed by atoms with Crippen LogP contribution in [0.1, 0.15) is 62.3 Å². The lowest BCUT2D eigenvalue weighted by atomic mass is 9.68. The molecule has 2 atom stereocenters. The summed E-state index contributed by atoms with van der Waals surface area (Å²) in [6, 6.07) is 44.8. The van der Waals surface area contributed by atoms with Gasteiger partial charge in [0.2, 0.25) is 5.69 Å². The highest BCUT2D eigenvalue weighted by Gasteiger charge is 2.51. The number of aryl methyl sites for hydroxylation is 1. The molecule has 0 saturated heterocycles. The van der Waals surface area contributed by atoms with Gasteiger partial charge in [-0.15, -0.1) is 6.58 Å². The lowest BCUT2D eigenvalue weighted by molar-refractivity contribution is -0.401. The molecule has 50 heavy (non-hydrogen) atoms. The number of para-hydroxylation sites is 1. The number of fused-ring (bicyclic) bond motifs is 4. The Labute approximate surface area is 299 Å². The standard InChI is InChI=1S/C48H51N2/c1-6-32-47(4)41-24-15-16-25-42(41)50(34-31-36(2)3)44(47)26-17-27-45-48(35-38-20-11-8-12-21-38,33-30-37-18-9-7-10-19-37)46-40-23-14-13-22-39(40)28-29-43(46)49(45)5/h6-29,36H,1,30-35H2,2-5H3/q+1. The second kappa shape index (κ2) is 14.1. The SMILES string of the molecule is C=CCC1(C)C(=CC=CC2=[N+](C)c3ccc4ccccc4c3C2(CCc2ccccc2)Cc2ccccc2)N(CCC(C)C)c2ccccc21. The number of rotatable bonds is 12. The Hall–Kier alpha value is -4.95. The lowest BCUT2D eigenvalue weighted by Gasteiger charge is -2.30. The van der Waals surface area contributed by atoms with Crippen molar-refractivity contribution in [2.75, 3.05) is 18.5 Å². The molecule has 0 aromatic heterocycles. The zero-order valence-corrected chi connectivity index (χ0v) is 30.3. The van der Waals surface area contributed by atoms with Crippen molar-refractivity contribution in [3.8, 4) is 0 Å². The van der Waals surface area contributed by atoms with Gasteiger partial charge in [-0.3, -0.25) is 0 Å². The molecule has 5 aromatic rings. The van der Waals surface area contributed by atoms with Crippen LogP contribution in [0.25, 0.3) is 10.8 Å². The first kappa shape index (κ1) is 33.5. The minimum atomic E-state index is -0.225. The van der Waals surface area contributed by atoms with Crippen molar-refractivity contribution < 1.29 is 4.58 Å². The number of anilines is 1. The molecule has 0 amide bonds. The Balaban J connectivity index is 1.39. The first-order valence-corrected chi connectivity index (χ1v) is 18.4. The average Bonchev–Trinajstić information content (AvgIpc) is 3.51. The smallest absolute Gasteiger partial charge is 0.210 e. The molecule has 0 fully saturated rings. The first-order valence-electron chi connectivity index (χ1n) is 18.4. The summed E-state index contributed by atoms with van der Waals surface area (Å²) in [4.78, 5) is 2.58. The lowest BCUT2D eigenvalue weighted by Crippen LogP contribution is -2.37. The fourth-order valence-electron chi connectivity index (χ4n) is 8.74. The van der Waals surface area contributed by atoms with Crippen molar-refractivity contribution in [3.63, 3.8) is 0 Å². The summed E-state index contributed by atoms with van der Waals surface area (Å²) in [6.07, 6.45) is 14.3. The van der Waals surface area contributed by atoms with E-state index >= 15 is 0 Å². The van der Waals surface area contributed by atoms with Crippen LogP contribution in [0.3, 0.4) is 0 Å². The molecule has 0 radical (unpaired) electrons. The summed E-state index contributed by atoms with van der Waals surface area (Å²) in [5.41, 5.74) is 10.6. The Morgan fingerprint density at radius 2 is 1.48 bits per heavy atom. The molecule has 2 heterocycles. The van der Waals surface area contributed by atoms with Gasteiger partial charge in [-0.25, -0.2) is 0 Å². The Morgan fingerprint density at radius 3 is 2.22 bits per heavy atom. The van der Waals surface area contributed by atoms with Crippen molar-refractivity contribution in [2.24, 2.45) is 5.92 Å². The maximum Gasteiger partial charge on any atom is 0.210 e. The van der Waals surface area contributed by atoms with Crippen LogP contribution in [0.5, 0.6) is 0 Å². The zero-order valence-electron chi connectivity index (χ0n) is 30.3. The van der Waals surface area contributed by atoms with E-state index in [2.05, 4.69) is 190 Å². The largest absolute Gasteiger partial charge is 0.344 e. The molecule has 252 valence electrons. The van der Waals surface area contributed by atoms with Crippen LogP contribution < -0.4 is 4.90 Å². The van der Waals surface area contributed by atoms with Gasteiger partial charge >= 0.3 is 0 Å². The molecule has 2 aliphatic heterocycles. The number of benzene rings is 5. The Bertz CT molecular complexity index is 2080. The Morgan fingerprint density at radius 1 is 0.800 bits per heavy atom. The predicted octanol–water partition coefficient (Wildman–Crippen LogP) is 11.5. The summed E-state index contributed by atoms with van der Waals surface area (Å²) in [6.45, 7) is 12.3. The molecule has 0 N–H and O–H groups in total. The number of hydrogen-bond donors (Lipinski definition) is 0.